The van der Waals surface area contributed by atoms with Gasteiger partial charge >= 0.3 is 0 Å². The van der Waals surface area contributed by atoms with Crippen LogP contribution < -0.4 is 11.1 Å². The molecule has 5 rings (SSSR count). The molecule has 1 aromatic heterocycles. The van der Waals surface area contributed by atoms with Crippen molar-refractivity contribution in [2.75, 3.05) is 13.2 Å². The minimum atomic E-state index is -1.03. The normalized spacial score (nSPS) is 45.8. The summed E-state index contributed by atoms with van der Waals surface area (Å²) in [6, 6.07) is 1.87. The first-order chi connectivity index (χ1) is 16.1. The van der Waals surface area contributed by atoms with Gasteiger partial charge in [-0.3, -0.25) is 5.41 Å². The highest BCUT2D eigenvalue weighted by Gasteiger charge is 2.72. The smallest absolute Gasteiger partial charge is 0.185 e. The second kappa shape index (κ2) is 8.52. The minimum Gasteiger partial charge on any atom is -0.472 e. The minimum absolute atomic E-state index is 0.0147. The van der Waals surface area contributed by atoms with Gasteiger partial charge in [-0.25, -0.2) is 0 Å². The van der Waals surface area contributed by atoms with E-state index in [1.807, 2.05) is 6.07 Å². The SMILES string of the molecule is C[C@]12CCC(OCCCNC(=N)N)CC1CC[C@@H]1[C@H]2CC[C@]2(C)C(O)(c3ccoc3)CC[C@@]12O. The largest absolute Gasteiger partial charge is 0.472 e. The highest BCUT2D eigenvalue weighted by molar-refractivity contribution is 5.74. The molecule has 4 aliphatic rings. The zero-order valence-corrected chi connectivity index (χ0v) is 20.8. The number of nitrogens with one attached hydrogen (secondary N) is 2. The summed E-state index contributed by atoms with van der Waals surface area (Å²) in [6.07, 6.45) is 13.1. The van der Waals surface area contributed by atoms with Crippen molar-refractivity contribution in [2.45, 2.75) is 95.4 Å². The number of aliphatic hydroxyl groups is 2. The standard InChI is InChI=1S/C27H43N3O4/c1-24-9-6-20(34-14-3-13-30-23(28)29)16-18(24)4-5-22-21(24)7-10-25(2)26(31,11-12-27(22,25)32)19-8-15-33-17-19/h8,15,17-18,20-22,31-32H,3-7,9-14,16H2,1-2H3,(H4,28,29,30)/t18?,20?,21-,22-,24+,25-,26?,27-/m1/s1. The Morgan fingerprint density at radius 2 is 1.97 bits per heavy atom. The highest BCUT2D eigenvalue weighted by Crippen LogP contribution is 2.71. The molecule has 4 fully saturated rings. The summed E-state index contributed by atoms with van der Waals surface area (Å²) < 4.78 is 11.6. The molecule has 0 spiro atoms. The molecule has 7 nitrogen and oxygen atoms in total. The third kappa shape index (κ3) is 3.45. The Balaban J connectivity index is 1.27. The molecule has 34 heavy (non-hydrogen) atoms. The molecule has 0 aliphatic heterocycles. The topological polar surface area (TPSA) is 125 Å². The molecule has 0 saturated heterocycles. The predicted octanol–water partition coefficient (Wildman–Crippen LogP) is 3.88. The van der Waals surface area contributed by atoms with Gasteiger partial charge in [0.05, 0.1) is 24.2 Å². The van der Waals surface area contributed by atoms with Crippen LogP contribution in [0.4, 0.5) is 0 Å². The van der Waals surface area contributed by atoms with Gasteiger partial charge < -0.3 is 30.4 Å². The van der Waals surface area contributed by atoms with E-state index in [9.17, 15) is 10.2 Å². The van der Waals surface area contributed by atoms with Crippen LogP contribution in [0.3, 0.4) is 0 Å². The van der Waals surface area contributed by atoms with Crippen molar-refractivity contribution in [2.24, 2.45) is 34.3 Å². The average molecular weight is 474 g/mol. The summed E-state index contributed by atoms with van der Waals surface area (Å²) in [5, 5.41) is 34.3. The van der Waals surface area contributed by atoms with E-state index in [4.69, 9.17) is 20.3 Å². The first-order valence-electron chi connectivity index (χ1n) is 13.3. The van der Waals surface area contributed by atoms with Gasteiger partial charge in [-0.1, -0.05) is 13.8 Å². The van der Waals surface area contributed by atoms with E-state index in [1.165, 1.54) is 0 Å². The first kappa shape index (κ1) is 24.1. The zero-order valence-electron chi connectivity index (χ0n) is 20.8. The Bertz CT molecular complexity index is 892. The van der Waals surface area contributed by atoms with Crippen LogP contribution in [-0.2, 0) is 10.3 Å². The molecule has 190 valence electrons. The number of rotatable bonds is 6. The molecule has 0 radical (unpaired) electrons. The Morgan fingerprint density at radius 3 is 2.71 bits per heavy atom. The molecule has 6 N–H and O–H groups in total. The summed E-state index contributed by atoms with van der Waals surface area (Å²) in [5.41, 5.74) is 3.97. The van der Waals surface area contributed by atoms with Crippen LogP contribution in [-0.4, -0.2) is 41.0 Å². The molecular weight excluding hydrogens is 430 g/mol. The number of nitrogens with two attached hydrogens (primary N) is 1. The number of fused-ring (bicyclic) bond motifs is 5. The van der Waals surface area contributed by atoms with Crippen LogP contribution in [0.5, 0.6) is 0 Å². The van der Waals surface area contributed by atoms with E-state index in [0.717, 1.165) is 56.9 Å². The monoisotopic (exact) mass is 473 g/mol. The van der Waals surface area contributed by atoms with Gasteiger partial charge in [-0.15, -0.1) is 0 Å². The molecule has 3 unspecified atom stereocenters. The van der Waals surface area contributed by atoms with Crippen molar-refractivity contribution in [3.63, 3.8) is 0 Å². The van der Waals surface area contributed by atoms with Crippen molar-refractivity contribution >= 4 is 5.96 Å². The summed E-state index contributed by atoms with van der Waals surface area (Å²) in [7, 11) is 0. The van der Waals surface area contributed by atoms with E-state index in [-0.39, 0.29) is 17.3 Å². The first-order valence-corrected chi connectivity index (χ1v) is 13.3. The van der Waals surface area contributed by atoms with Crippen LogP contribution in [0.2, 0.25) is 0 Å². The maximum absolute atomic E-state index is 12.3. The van der Waals surface area contributed by atoms with E-state index < -0.39 is 16.6 Å². The maximum atomic E-state index is 12.3. The number of furan rings is 1. The van der Waals surface area contributed by atoms with Crippen molar-refractivity contribution in [3.8, 4) is 0 Å². The summed E-state index contributed by atoms with van der Waals surface area (Å²) in [6.45, 7) is 5.98. The third-order valence-corrected chi connectivity index (χ3v) is 10.9. The molecule has 1 heterocycles. The summed E-state index contributed by atoms with van der Waals surface area (Å²) in [4.78, 5) is 0. The number of guanidine groups is 1. The van der Waals surface area contributed by atoms with E-state index in [0.29, 0.717) is 43.9 Å². The number of hydrogen-bond acceptors (Lipinski definition) is 5. The molecule has 0 aromatic carbocycles. The third-order valence-electron chi connectivity index (χ3n) is 10.9. The maximum Gasteiger partial charge on any atom is 0.185 e. The van der Waals surface area contributed by atoms with Crippen LogP contribution >= 0.6 is 0 Å². The van der Waals surface area contributed by atoms with Crippen molar-refractivity contribution in [1.29, 1.82) is 5.41 Å². The van der Waals surface area contributed by atoms with Crippen molar-refractivity contribution in [1.82, 2.24) is 5.32 Å². The molecule has 4 saturated carbocycles. The molecule has 0 bridgehead atoms. The molecule has 1 aromatic rings. The van der Waals surface area contributed by atoms with E-state index in [1.54, 1.807) is 12.5 Å². The zero-order chi connectivity index (χ0) is 24.2. The van der Waals surface area contributed by atoms with Crippen LogP contribution in [0, 0.1) is 34.0 Å². The molecule has 0 amide bonds. The van der Waals surface area contributed by atoms with Gasteiger partial charge in [-0.05, 0) is 93.4 Å². The summed E-state index contributed by atoms with van der Waals surface area (Å²) in [5.74, 6) is 1.38. The highest BCUT2D eigenvalue weighted by atomic mass is 16.5. The lowest BCUT2D eigenvalue weighted by Crippen LogP contribution is -2.64. The van der Waals surface area contributed by atoms with Gasteiger partial charge in [0.15, 0.2) is 5.96 Å². The lowest BCUT2D eigenvalue weighted by atomic mass is 9.43. The Kier molecular flexibility index (Phi) is 6.05. The van der Waals surface area contributed by atoms with Crippen LogP contribution in [0.15, 0.2) is 23.0 Å². The Labute approximate surface area is 203 Å². The molecule has 4 aliphatic carbocycles. The van der Waals surface area contributed by atoms with Gasteiger partial charge in [0, 0.05) is 24.1 Å². The van der Waals surface area contributed by atoms with E-state index in [2.05, 4.69) is 19.2 Å². The molecule has 8 atom stereocenters. The van der Waals surface area contributed by atoms with Gasteiger partial charge in [0.1, 0.15) is 5.60 Å². The summed E-state index contributed by atoms with van der Waals surface area (Å²) >= 11 is 0. The van der Waals surface area contributed by atoms with Crippen LogP contribution in [0.25, 0.3) is 0 Å². The fraction of sp³-hybridized carbons (Fsp3) is 0.815. The number of hydrogen-bond donors (Lipinski definition) is 5. The Morgan fingerprint density at radius 1 is 1.15 bits per heavy atom. The molecular formula is C27H43N3O4. The fourth-order valence-corrected chi connectivity index (χ4v) is 8.86. The Hall–Kier alpha value is -1.57. The quantitative estimate of drug-likeness (QED) is 0.243. The second-order valence-electron chi connectivity index (χ2n) is 12.1. The fourth-order valence-electron chi connectivity index (χ4n) is 8.86. The van der Waals surface area contributed by atoms with E-state index >= 15 is 0 Å². The number of ether oxygens (including phenoxy) is 1. The van der Waals surface area contributed by atoms with Crippen molar-refractivity contribution < 1.29 is 19.4 Å². The van der Waals surface area contributed by atoms with Gasteiger partial charge in [0.25, 0.3) is 0 Å². The second-order valence-corrected chi connectivity index (χ2v) is 12.1. The lowest BCUT2D eigenvalue weighted by Gasteiger charge is -2.64. The predicted molar refractivity (Wildman–Crippen MR) is 130 cm³/mol. The lowest BCUT2D eigenvalue weighted by molar-refractivity contribution is -0.239. The van der Waals surface area contributed by atoms with Gasteiger partial charge in [0.2, 0.25) is 0 Å². The van der Waals surface area contributed by atoms with Gasteiger partial charge in [-0.2, -0.15) is 0 Å². The molecule has 7 heteroatoms. The van der Waals surface area contributed by atoms with Crippen molar-refractivity contribution in [3.05, 3.63) is 24.2 Å². The average Bonchev–Trinajstić information content (AvgIpc) is 3.41. The van der Waals surface area contributed by atoms with Crippen LogP contribution in [0.1, 0.15) is 83.6 Å².